The van der Waals surface area contributed by atoms with E-state index < -0.39 is 0 Å². The summed E-state index contributed by atoms with van der Waals surface area (Å²) in [6.45, 7) is 17.6. The molecule has 7 aromatic carbocycles. The largest absolute Gasteiger partial charge is 0.311 e. The van der Waals surface area contributed by atoms with Crippen LogP contribution in [0.3, 0.4) is 0 Å². The number of hydrazine groups is 1. The molecule has 0 fully saturated rings. The first-order valence-corrected chi connectivity index (χ1v) is 25.8. The van der Waals surface area contributed by atoms with Crippen molar-refractivity contribution >= 4 is 57.0 Å². The minimum Gasteiger partial charge on any atom is -0.311 e. The topological polar surface area (TPSA) is 13.0 Å². The number of anilines is 6. The van der Waals surface area contributed by atoms with Crippen LogP contribution in [0.4, 0.5) is 34.1 Å². The number of fused-ring (bicyclic) bond motifs is 1. The van der Waals surface area contributed by atoms with Crippen molar-refractivity contribution in [1.29, 1.82) is 0 Å². The van der Waals surface area contributed by atoms with Crippen LogP contribution >= 0.6 is 0 Å². The Labute approximate surface area is 429 Å². The molecule has 1 unspecified atom stereocenters. The maximum absolute atomic E-state index is 4.41. The van der Waals surface area contributed by atoms with Gasteiger partial charge in [0.05, 0.1) is 11.4 Å². The molecule has 0 radical (unpaired) electrons. The molecule has 0 amide bonds. The SMILES string of the molecule is C=C1/C=C(N(c2ccccc2)c2ccc(C3C4=C3N(N(c3ccccc3)c3ccc5ccccc5c3)CC4)cc2)\C=C/CCCCC1.C=Cc1ccc(N(C(/C=C\C)=C/C)c2ccc(C)cc2)cc1/C=C\C. The first-order valence-electron chi connectivity index (χ1n) is 25.8. The normalized spacial score (nSPS) is 17.0. The number of aryl methyl sites for hydroxylation is 1. The quantitative estimate of drug-likeness (QED) is 0.107. The predicted molar refractivity (Wildman–Crippen MR) is 311 cm³/mol. The lowest BCUT2D eigenvalue weighted by molar-refractivity contribution is 0.370. The average Bonchev–Trinajstić information content (AvgIpc) is 3.99. The zero-order valence-corrected chi connectivity index (χ0v) is 42.6. The van der Waals surface area contributed by atoms with E-state index in [9.17, 15) is 0 Å². The summed E-state index contributed by atoms with van der Waals surface area (Å²) in [6, 6.07) is 61.4. The van der Waals surface area contributed by atoms with Crippen molar-refractivity contribution < 1.29 is 0 Å². The Kier molecular flexibility index (Phi) is 15.8. The Morgan fingerprint density at radius 1 is 0.611 bits per heavy atom. The molecule has 1 atom stereocenters. The monoisotopic (exact) mass is 941 g/mol. The molecular formula is C68H68N4. The zero-order valence-electron chi connectivity index (χ0n) is 42.6. The van der Waals surface area contributed by atoms with Crippen molar-refractivity contribution in [1.82, 2.24) is 5.01 Å². The highest BCUT2D eigenvalue weighted by Gasteiger charge is 2.48. The van der Waals surface area contributed by atoms with Crippen LogP contribution in [0.15, 0.2) is 254 Å². The Morgan fingerprint density at radius 2 is 1.28 bits per heavy atom. The number of nitrogens with zero attached hydrogens (tertiary/aromatic N) is 4. The second kappa shape index (κ2) is 23.2. The van der Waals surface area contributed by atoms with Crippen LogP contribution in [0.25, 0.3) is 22.9 Å². The molecule has 4 nitrogen and oxygen atoms in total. The number of rotatable bonds is 13. The number of allylic oxidation sites excluding steroid dienone is 9. The smallest absolute Gasteiger partial charge is 0.0639 e. The van der Waals surface area contributed by atoms with Crippen molar-refractivity contribution in [2.24, 2.45) is 0 Å². The summed E-state index contributed by atoms with van der Waals surface area (Å²) < 4.78 is 0. The van der Waals surface area contributed by atoms with Gasteiger partial charge >= 0.3 is 0 Å². The average molecular weight is 941 g/mol. The summed E-state index contributed by atoms with van der Waals surface area (Å²) in [4.78, 5) is 4.66. The molecule has 2 aliphatic carbocycles. The van der Waals surface area contributed by atoms with Crippen LogP contribution in [-0.4, -0.2) is 11.6 Å². The minimum atomic E-state index is 0.363. The van der Waals surface area contributed by atoms with Crippen molar-refractivity contribution in [3.05, 3.63) is 276 Å². The summed E-state index contributed by atoms with van der Waals surface area (Å²) in [5, 5.41) is 7.46. The molecule has 4 heteroatoms. The fourth-order valence-corrected chi connectivity index (χ4v) is 10.2. The van der Waals surface area contributed by atoms with E-state index in [-0.39, 0.29) is 0 Å². The van der Waals surface area contributed by atoms with Gasteiger partial charge in [-0.2, -0.15) is 0 Å². The molecule has 1 aliphatic heterocycles. The summed E-state index contributed by atoms with van der Waals surface area (Å²) in [7, 11) is 0. The van der Waals surface area contributed by atoms with Crippen molar-refractivity contribution in [2.75, 3.05) is 21.4 Å². The number of para-hydroxylation sites is 2. The van der Waals surface area contributed by atoms with Gasteiger partial charge in [0.15, 0.2) is 0 Å². The molecule has 72 heavy (non-hydrogen) atoms. The second-order valence-corrected chi connectivity index (χ2v) is 18.8. The van der Waals surface area contributed by atoms with E-state index >= 15 is 0 Å². The number of benzene rings is 7. The molecule has 0 spiro atoms. The number of hydrogen-bond donors (Lipinski definition) is 0. The first kappa shape index (κ1) is 48.9. The Hall–Kier alpha value is -8.08. The fourth-order valence-electron chi connectivity index (χ4n) is 10.2. The third-order valence-electron chi connectivity index (χ3n) is 13.8. The molecule has 7 aromatic rings. The van der Waals surface area contributed by atoms with Crippen LogP contribution in [0, 0.1) is 6.92 Å². The minimum absolute atomic E-state index is 0.363. The van der Waals surface area contributed by atoms with Gasteiger partial charge in [0.25, 0.3) is 0 Å². The Bertz CT molecular complexity index is 3190. The lowest BCUT2D eigenvalue weighted by Crippen LogP contribution is -2.37. The van der Waals surface area contributed by atoms with Crippen LogP contribution in [-0.2, 0) is 0 Å². The van der Waals surface area contributed by atoms with Gasteiger partial charge in [-0.25, -0.2) is 0 Å². The fraction of sp³-hybridized carbons (Fsp3) is 0.176. The molecule has 10 rings (SSSR count). The summed E-state index contributed by atoms with van der Waals surface area (Å²) in [5.74, 6) is 0.363. The van der Waals surface area contributed by atoms with Crippen molar-refractivity contribution in [3.8, 4) is 0 Å². The third kappa shape index (κ3) is 11.1. The van der Waals surface area contributed by atoms with E-state index in [2.05, 4.69) is 265 Å². The summed E-state index contributed by atoms with van der Waals surface area (Å²) in [6.07, 6.45) is 26.3. The summed E-state index contributed by atoms with van der Waals surface area (Å²) >= 11 is 0. The van der Waals surface area contributed by atoms with Gasteiger partial charge in [0.1, 0.15) is 0 Å². The molecule has 0 saturated carbocycles. The Morgan fingerprint density at radius 3 is 1.99 bits per heavy atom. The van der Waals surface area contributed by atoms with Gasteiger partial charge in [-0.05, 0) is 184 Å². The van der Waals surface area contributed by atoms with Crippen LogP contribution < -0.4 is 14.8 Å². The van der Waals surface area contributed by atoms with E-state index in [0.29, 0.717) is 5.92 Å². The molecule has 0 saturated heterocycles. The molecule has 0 aromatic heterocycles. The highest BCUT2D eigenvalue weighted by atomic mass is 15.6. The third-order valence-corrected chi connectivity index (χ3v) is 13.8. The molecule has 0 N–H and O–H groups in total. The van der Waals surface area contributed by atoms with E-state index in [4.69, 9.17) is 0 Å². The lowest BCUT2D eigenvalue weighted by Gasteiger charge is -2.37. The maximum atomic E-state index is 4.41. The van der Waals surface area contributed by atoms with Crippen LogP contribution in [0.2, 0.25) is 0 Å². The molecule has 360 valence electrons. The summed E-state index contributed by atoms with van der Waals surface area (Å²) in [5.41, 5.74) is 18.4. The lowest BCUT2D eigenvalue weighted by atomic mass is 10.0. The van der Waals surface area contributed by atoms with Gasteiger partial charge in [-0.1, -0.05) is 164 Å². The molecule has 0 bridgehead atoms. The van der Waals surface area contributed by atoms with E-state index in [1.807, 2.05) is 19.9 Å². The van der Waals surface area contributed by atoms with E-state index in [1.165, 1.54) is 80.8 Å². The van der Waals surface area contributed by atoms with Gasteiger partial charge < -0.3 is 9.80 Å². The van der Waals surface area contributed by atoms with Gasteiger partial charge in [-0.3, -0.25) is 10.0 Å². The van der Waals surface area contributed by atoms with Crippen LogP contribution in [0.5, 0.6) is 0 Å². The number of piperidine rings is 1. The van der Waals surface area contributed by atoms with Gasteiger partial charge in [0.2, 0.25) is 0 Å². The molecule has 3 aliphatic rings. The molecular weight excluding hydrogens is 873 g/mol. The molecule has 1 heterocycles. The van der Waals surface area contributed by atoms with Gasteiger partial charge in [-0.15, -0.1) is 0 Å². The van der Waals surface area contributed by atoms with E-state index in [0.717, 1.165) is 54.1 Å². The maximum Gasteiger partial charge on any atom is 0.0639 e. The van der Waals surface area contributed by atoms with Crippen molar-refractivity contribution in [3.63, 3.8) is 0 Å². The van der Waals surface area contributed by atoms with E-state index in [1.54, 1.807) is 5.57 Å². The zero-order chi connectivity index (χ0) is 49.8. The van der Waals surface area contributed by atoms with Crippen LogP contribution in [0.1, 0.15) is 87.5 Å². The standard InChI is InChI=1S/C44H41N3.C24H27N/c1-33-15-7-3-2-4-8-22-40(31-33)46(37-18-9-5-10-19-37)38-26-24-35(25-27-38)43-42-29-30-45(44(42)43)47(39-20-11-6-12-21-39)41-28-23-34-16-13-14-17-36(34)32-41;1-6-10-21-18-24(17-14-20(21)8-3)25(22(9-4)11-7-2)23-15-12-19(5)13-16-23/h5-6,8-14,16-28,31-32,43H,1-4,7,15,29-30H2;6-18H,3H2,1-2,4-5H3/b22-8-,40-31+;10-6-,11-7-,22-9+. The second-order valence-electron chi connectivity index (χ2n) is 18.8. The Balaban J connectivity index is 0.000000217. The highest BCUT2D eigenvalue weighted by molar-refractivity contribution is 5.87. The van der Waals surface area contributed by atoms with Gasteiger partial charge in [0, 0.05) is 52.3 Å². The highest BCUT2D eigenvalue weighted by Crippen LogP contribution is 2.57. The first-order chi connectivity index (χ1) is 35.4. The van der Waals surface area contributed by atoms with Crippen molar-refractivity contribution in [2.45, 2.75) is 72.1 Å². The predicted octanol–water partition coefficient (Wildman–Crippen LogP) is 19.0. The number of hydrogen-bond acceptors (Lipinski definition) is 4.